The Bertz CT molecular complexity index is 745. The number of rotatable bonds is 8. The minimum atomic E-state index is -1.76. The third kappa shape index (κ3) is 6.21. The summed E-state index contributed by atoms with van der Waals surface area (Å²) in [6.07, 6.45) is -22.2. The first-order valence-electron chi connectivity index (χ1n) is 11.4. The SMILES string of the molecule is COC(=O)C1O[C@@H](OC)C(O)[C@@H](O)[C@H]1O[C@@H]1OC(CO[C@@H]2OC(CO)[C@H](O)[C@H](O)C2O)[C@H](O)[C@H](O)C1N. The van der Waals surface area contributed by atoms with Crippen LogP contribution in [0.15, 0.2) is 0 Å². The van der Waals surface area contributed by atoms with Gasteiger partial charge in [0.05, 0.1) is 26.4 Å². The molecule has 3 heterocycles. The van der Waals surface area contributed by atoms with E-state index < -0.39 is 111 Å². The van der Waals surface area contributed by atoms with E-state index in [2.05, 4.69) is 4.74 Å². The second-order valence-corrected chi connectivity index (χ2v) is 8.90. The fourth-order valence-electron chi connectivity index (χ4n) is 4.25. The smallest absolute Gasteiger partial charge is 0.337 e. The van der Waals surface area contributed by atoms with E-state index in [0.29, 0.717) is 0 Å². The fourth-order valence-corrected chi connectivity index (χ4v) is 4.25. The maximum atomic E-state index is 12.3. The fraction of sp³-hybridized carbons (Fsp3) is 0.950. The zero-order chi connectivity index (χ0) is 27.6. The van der Waals surface area contributed by atoms with Crippen molar-refractivity contribution in [2.24, 2.45) is 5.73 Å². The molecule has 3 aliphatic rings. The maximum absolute atomic E-state index is 12.3. The Morgan fingerprint density at radius 3 is 1.95 bits per heavy atom. The number of hydrogen-bond donors (Lipinski definition) is 9. The lowest BCUT2D eigenvalue weighted by Crippen LogP contribution is -2.67. The summed E-state index contributed by atoms with van der Waals surface area (Å²) in [6.45, 7) is -1.27. The van der Waals surface area contributed by atoms with Crippen LogP contribution in [-0.2, 0) is 38.0 Å². The molecule has 0 aliphatic carbocycles. The van der Waals surface area contributed by atoms with Crippen LogP contribution in [0.3, 0.4) is 0 Å². The topological polar surface area (TPSA) is 270 Å². The van der Waals surface area contributed by atoms with Crippen LogP contribution in [0.5, 0.6) is 0 Å². The number of esters is 1. The van der Waals surface area contributed by atoms with E-state index in [-0.39, 0.29) is 0 Å². The third-order valence-electron chi connectivity index (χ3n) is 6.52. The average Bonchev–Trinajstić information content (AvgIpc) is 2.89. The van der Waals surface area contributed by atoms with Gasteiger partial charge in [-0.2, -0.15) is 0 Å². The molecule has 0 aromatic rings. The number of aliphatic hydroxyl groups excluding tert-OH is 8. The minimum absolute atomic E-state index is 0.577. The monoisotopic (exact) mass is 545 g/mol. The summed E-state index contributed by atoms with van der Waals surface area (Å²) in [5, 5.41) is 80.9. The van der Waals surface area contributed by atoms with Crippen molar-refractivity contribution >= 4 is 5.97 Å². The molecule has 15 atom stereocenters. The average molecular weight is 545 g/mol. The number of methoxy groups -OCH3 is 2. The number of aliphatic hydroxyl groups is 8. The van der Waals surface area contributed by atoms with Crippen LogP contribution in [0.25, 0.3) is 0 Å². The van der Waals surface area contributed by atoms with Gasteiger partial charge in [0.25, 0.3) is 0 Å². The van der Waals surface area contributed by atoms with Crippen LogP contribution in [0, 0.1) is 0 Å². The summed E-state index contributed by atoms with van der Waals surface area (Å²) in [5.41, 5.74) is 5.93. The molecule has 6 unspecified atom stereocenters. The number of carbonyl (C=O) groups excluding carboxylic acids is 1. The quantitative estimate of drug-likeness (QED) is 0.128. The molecule has 3 aliphatic heterocycles. The molecule has 0 amide bonds. The van der Waals surface area contributed by atoms with Crippen molar-refractivity contribution < 1.29 is 78.8 Å². The largest absolute Gasteiger partial charge is 0.467 e. The zero-order valence-electron chi connectivity index (χ0n) is 20.0. The third-order valence-corrected chi connectivity index (χ3v) is 6.52. The lowest BCUT2D eigenvalue weighted by atomic mass is 9.96. The minimum Gasteiger partial charge on any atom is -0.467 e. The summed E-state index contributed by atoms with van der Waals surface area (Å²) in [6, 6.07) is -1.42. The Morgan fingerprint density at radius 2 is 1.35 bits per heavy atom. The zero-order valence-corrected chi connectivity index (χ0v) is 20.0. The van der Waals surface area contributed by atoms with Crippen LogP contribution in [0.4, 0.5) is 0 Å². The molecule has 0 bridgehead atoms. The van der Waals surface area contributed by atoms with Gasteiger partial charge in [0, 0.05) is 7.11 Å². The van der Waals surface area contributed by atoms with Gasteiger partial charge in [0.1, 0.15) is 61.0 Å². The summed E-state index contributed by atoms with van der Waals surface area (Å²) >= 11 is 0. The molecule has 10 N–H and O–H groups in total. The second kappa shape index (κ2) is 12.8. The first kappa shape index (κ1) is 30.4. The van der Waals surface area contributed by atoms with Crippen molar-refractivity contribution in [1.82, 2.24) is 0 Å². The summed E-state index contributed by atoms with van der Waals surface area (Å²) in [7, 11) is 2.23. The lowest BCUT2D eigenvalue weighted by molar-refractivity contribution is -0.345. The highest BCUT2D eigenvalue weighted by atomic mass is 16.7. The molecule has 17 nitrogen and oxygen atoms in total. The Balaban J connectivity index is 1.72. The van der Waals surface area contributed by atoms with Gasteiger partial charge in [-0.3, -0.25) is 0 Å². The summed E-state index contributed by atoms with van der Waals surface area (Å²) in [4.78, 5) is 12.3. The molecular weight excluding hydrogens is 510 g/mol. The van der Waals surface area contributed by atoms with E-state index in [4.69, 9.17) is 34.2 Å². The van der Waals surface area contributed by atoms with Crippen molar-refractivity contribution in [2.75, 3.05) is 27.4 Å². The molecule has 37 heavy (non-hydrogen) atoms. The Morgan fingerprint density at radius 1 is 0.757 bits per heavy atom. The summed E-state index contributed by atoms with van der Waals surface area (Å²) in [5.74, 6) is -0.981. The first-order valence-corrected chi connectivity index (χ1v) is 11.4. The lowest BCUT2D eigenvalue weighted by Gasteiger charge is -2.46. The molecule has 0 radical (unpaired) electrons. The van der Waals surface area contributed by atoms with E-state index in [9.17, 15) is 45.6 Å². The highest BCUT2D eigenvalue weighted by Gasteiger charge is 2.53. The van der Waals surface area contributed by atoms with E-state index in [1.165, 1.54) is 7.11 Å². The second-order valence-electron chi connectivity index (χ2n) is 8.90. The molecule has 0 aromatic carbocycles. The van der Waals surface area contributed by atoms with E-state index in [1.54, 1.807) is 0 Å². The van der Waals surface area contributed by atoms with Crippen molar-refractivity contribution in [3.05, 3.63) is 0 Å². The first-order chi connectivity index (χ1) is 17.5. The van der Waals surface area contributed by atoms with Gasteiger partial charge >= 0.3 is 5.97 Å². The van der Waals surface area contributed by atoms with Crippen LogP contribution in [-0.4, -0.2) is 166 Å². The van der Waals surface area contributed by atoms with Gasteiger partial charge in [-0.1, -0.05) is 0 Å². The van der Waals surface area contributed by atoms with Gasteiger partial charge in [0.15, 0.2) is 25.0 Å². The molecule has 0 saturated carbocycles. The van der Waals surface area contributed by atoms with E-state index in [0.717, 1.165) is 7.11 Å². The van der Waals surface area contributed by atoms with Crippen molar-refractivity contribution in [3.63, 3.8) is 0 Å². The molecule has 0 aromatic heterocycles. The van der Waals surface area contributed by atoms with E-state index in [1.807, 2.05) is 0 Å². The van der Waals surface area contributed by atoms with Crippen LogP contribution < -0.4 is 5.73 Å². The predicted molar refractivity (Wildman–Crippen MR) is 113 cm³/mol. The van der Waals surface area contributed by atoms with Gasteiger partial charge in [-0.25, -0.2) is 4.79 Å². The molecule has 3 fully saturated rings. The van der Waals surface area contributed by atoms with Gasteiger partial charge < -0.3 is 79.7 Å². The van der Waals surface area contributed by atoms with Crippen LogP contribution >= 0.6 is 0 Å². The number of ether oxygens (including phenoxy) is 7. The normalized spacial score (nSPS) is 49.0. The van der Waals surface area contributed by atoms with Crippen molar-refractivity contribution in [3.8, 4) is 0 Å². The van der Waals surface area contributed by atoms with Crippen molar-refractivity contribution in [1.29, 1.82) is 0 Å². The standard InChI is InChI=1S/C20H35NO16/c1-31-17(30)16-15(12(27)14(29)19(32-2)37-16)36-18-7(21)10(25)9(24)6(35-18)4-33-20-13(28)11(26)8(23)5(3-22)34-20/h5-16,18-20,22-29H,3-4,21H2,1-2H3/t5?,6?,7?,8-,9-,10+,11-,12+,13?,14?,15+,16?,18-,19+,20+/m0/s1. The maximum Gasteiger partial charge on any atom is 0.337 e. The highest BCUT2D eigenvalue weighted by Crippen LogP contribution is 2.30. The van der Waals surface area contributed by atoms with Gasteiger partial charge in [-0.05, 0) is 0 Å². The Hall–Kier alpha value is -1.13. The molecule has 3 saturated heterocycles. The van der Waals surface area contributed by atoms with Crippen LogP contribution in [0.1, 0.15) is 0 Å². The Labute approximate surface area is 210 Å². The number of hydrogen-bond acceptors (Lipinski definition) is 17. The number of carbonyl (C=O) groups is 1. The molecular formula is C20H35NO16. The highest BCUT2D eigenvalue weighted by molar-refractivity contribution is 5.75. The molecule has 216 valence electrons. The van der Waals surface area contributed by atoms with Gasteiger partial charge in [0.2, 0.25) is 0 Å². The molecule has 0 spiro atoms. The Kier molecular flexibility index (Phi) is 10.5. The number of nitrogens with two attached hydrogens (primary N) is 1. The van der Waals surface area contributed by atoms with E-state index >= 15 is 0 Å². The van der Waals surface area contributed by atoms with Gasteiger partial charge in [-0.15, -0.1) is 0 Å². The predicted octanol–water partition coefficient (Wildman–Crippen LogP) is -6.77. The molecule has 17 heteroatoms. The van der Waals surface area contributed by atoms with Crippen molar-refractivity contribution in [2.45, 2.75) is 92.1 Å². The molecule has 3 rings (SSSR count). The van der Waals surface area contributed by atoms with Crippen LogP contribution in [0.2, 0.25) is 0 Å². The summed E-state index contributed by atoms with van der Waals surface area (Å²) < 4.78 is 36.7.